The second kappa shape index (κ2) is 11.6. The van der Waals surface area contributed by atoms with Crippen LogP contribution in [0.1, 0.15) is 45.1 Å². The SMILES string of the molecule is CN=C(NCc1ccc(OC)cc1OC1CCCC1)NCC(C)(C)OC.I. The van der Waals surface area contributed by atoms with Gasteiger partial charge in [-0.3, -0.25) is 4.99 Å². The Morgan fingerprint density at radius 1 is 1.19 bits per heavy atom. The van der Waals surface area contributed by atoms with Crippen molar-refractivity contribution in [1.82, 2.24) is 10.6 Å². The third kappa shape index (κ3) is 7.73. The topological polar surface area (TPSA) is 64.1 Å². The Kier molecular flexibility index (Phi) is 10.2. The molecular weight excluding hydrogens is 457 g/mol. The summed E-state index contributed by atoms with van der Waals surface area (Å²) in [6.07, 6.45) is 5.04. The highest BCUT2D eigenvalue weighted by Gasteiger charge is 2.19. The lowest BCUT2D eigenvalue weighted by molar-refractivity contribution is 0.0268. The molecule has 0 heterocycles. The van der Waals surface area contributed by atoms with E-state index in [1.165, 1.54) is 12.8 Å². The van der Waals surface area contributed by atoms with Crippen molar-refractivity contribution in [1.29, 1.82) is 0 Å². The van der Waals surface area contributed by atoms with Crippen LogP contribution in [0, 0.1) is 0 Å². The number of hydrogen-bond donors (Lipinski definition) is 2. The maximum Gasteiger partial charge on any atom is 0.191 e. The summed E-state index contributed by atoms with van der Waals surface area (Å²) in [5.41, 5.74) is 0.834. The number of aliphatic imine (C=N–C) groups is 1. The van der Waals surface area contributed by atoms with Crippen molar-refractivity contribution >= 4 is 29.9 Å². The molecule has 1 aromatic rings. The van der Waals surface area contributed by atoms with Crippen LogP contribution in [0.2, 0.25) is 0 Å². The number of hydrogen-bond acceptors (Lipinski definition) is 4. The Bertz CT molecular complexity index is 602. The van der Waals surface area contributed by atoms with E-state index in [4.69, 9.17) is 14.2 Å². The molecule has 0 amide bonds. The van der Waals surface area contributed by atoms with Gasteiger partial charge in [0.2, 0.25) is 0 Å². The van der Waals surface area contributed by atoms with Crippen LogP contribution in [-0.2, 0) is 11.3 Å². The predicted octanol–water partition coefficient (Wildman–Crippen LogP) is 3.72. The molecule has 0 aromatic heterocycles. The first-order valence-electron chi connectivity index (χ1n) is 9.30. The van der Waals surface area contributed by atoms with Crippen LogP contribution in [0.25, 0.3) is 0 Å². The maximum absolute atomic E-state index is 6.25. The highest BCUT2D eigenvalue weighted by molar-refractivity contribution is 14.0. The van der Waals surface area contributed by atoms with Crippen LogP contribution < -0.4 is 20.1 Å². The van der Waals surface area contributed by atoms with Gasteiger partial charge in [0.25, 0.3) is 0 Å². The van der Waals surface area contributed by atoms with Crippen LogP contribution in [0.5, 0.6) is 11.5 Å². The summed E-state index contributed by atoms with van der Waals surface area (Å²) in [6.45, 7) is 5.35. The minimum absolute atomic E-state index is 0. The van der Waals surface area contributed by atoms with Crippen LogP contribution in [0.3, 0.4) is 0 Å². The van der Waals surface area contributed by atoms with Gasteiger partial charge in [0.1, 0.15) is 11.5 Å². The minimum Gasteiger partial charge on any atom is -0.497 e. The molecule has 2 rings (SSSR count). The van der Waals surface area contributed by atoms with Gasteiger partial charge in [0.15, 0.2) is 5.96 Å². The van der Waals surface area contributed by atoms with Gasteiger partial charge in [-0.15, -0.1) is 24.0 Å². The van der Waals surface area contributed by atoms with Gasteiger partial charge in [0, 0.05) is 38.9 Å². The normalized spacial score (nSPS) is 15.2. The molecule has 0 aliphatic heterocycles. The van der Waals surface area contributed by atoms with Crippen molar-refractivity contribution in [3.8, 4) is 11.5 Å². The number of methoxy groups -OCH3 is 2. The molecule has 6 nitrogen and oxygen atoms in total. The van der Waals surface area contributed by atoms with Gasteiger partial charge < -0.3 is 24.8 Å². The van der Waals surface area contributed by atoms with Crippen molar-refractivity contribution < 1.29 is 14.2 Å². The molecule has 0 saturated heterocycles. The average molecular weight is 491 g/mol. The molecule has 1 saturated carbocycles. The highest BCUT2D eigenvalue weighted by atomic mass is 127. The van der Waals surface area contributed by atoms with Gasteiger partial charge in [-0.1, -0.05) is 0 Å². The molecule has 7 heteroatoms. The molecule has 1 aliphatic rings. The van der Waals surface area contributed by atoms with Gasteiger partial charge in [-0.25, -0.2) is 0 Å². The highest BCUT2D eigenvalue weighted by Crippen LogP contribution is 2.29. The van der Waals surface area contributed by atoms with E-state index >= 15 is 0 Å². The van der Waals surface area contributed by atoms with Gasteiger partial charge in [-0.05, 0) is 51.7 Å². The average Bonchev–Trinajstić information content (AvgIpc) is 3.15. The monoisotopic (exact) mass is 491 g/mol. The standard InChI is InChI=1S/C20H33N3O3.HI/c1-20(2,25-5)14-23-19(21-3)22-13-15-10-11-17(24-4)12-18(15)26-16-8-6-7-9-16;/h10-12,16H,6-9,13-14H2,1-5H3,(H2,21,22,23);1H. The van der Waals surface area contributed by atoms with E-state index in [-0.39, 0.29) is 29.6 Å². The first-order valence-corrected chi connectivity index (χ1v) is 9.30. The summed E-state index contributed by atoms with van der Waals surface area (Å²) in [7, 11) is 5.15. The van der Waals surface area contributed by atoms with Crippen molar-refractivity contribution in [2.24, 2.45) is 4.99 Å². The van der Waals surface area contributed by atoms with E-state index in [2.05, 4.69) is 15.6 Å². The first-order chi connectivity index (χ1) is 12.5. The number of nitrogens with zero attached hydrogens (tertiary/aromatic N) is 1. The molecule has 0 bridgehead atoms. The molecule has 1 aromatic carbocycles. The van der Waals surface area contributed by atoms with Gasteiger partial charge in [0.05, 0.1) is 18.8 Å². The zero-order valence-corrected chi connectivity index (χ0v) is 19.5. The minimum atomic E-state index is -0.255. The lowest BCUT2D eigenvalue weighted by Crippen LogP contribution is -2.45. The van der Waals surface area contributed by atoms with E-state index in [1.807, 2.05) is 32.0 Å². The molecule has 0 spiro atoms. The van der Waals surface area contributed by atoms with Crippen LogP contribution >= 0.6 is 24.0 Å². The largest absolute Gasteiger partial charge is 0.497 e. The number of guanidine groups is 1. The zero-order chi connectivity index (χ0) is 19.0. The van der Waals surface area contributed by atoms with Crippen molar-refractivity contribution in [3.63, 3.8) is 0 Å². The Labute approximate surface area is 180 Å². The Hall–Kier alpha value is -1.22. The van der Waals surface area contributed by atoms with E-state index in [0.29, 0.717) is 19.2 Å². The molecule has 2 N–H and O–H groups in total. The Balaban J connectivity index is 0.00000364. The summed E-state index contributed by atoms with van der Waals surface area (Å²) in [6, 6.07) is 5.98. The van der Waals surface area contributed by atoms with Crippen molar-refractivity contribution in [2.45, 2.75) is 57.8 Å². The number of rotatable bonds is 8. The molecule has 0 unspecified atom stereocenters. The molecule has 1 fully saturated rings. The molecule has 0 atom stereocenters. The molecule has 154 valence electrons. The Morgan fingerprint density at radius 2 is 1.89 bits per heavy atom. The second-order valence-corrected chi connectivity index (χ2v) is 7.24. The van der Waals surface area contributed by atoms with Gasteiger partial charge in [-0.2, -0.15) is 0 Å². The van der Waals surface area contributed by atoms with Crippen LogP contribution in [0.4, 0.5) is 0 Å². The third-order valence-corrected chi connectivity index (χ3v) is 4.77. The number of nitrogens with one attached hydrogen (secondary N) is 2. The summed E-state index contributed by atoms with van der Waals surface area (Å²) in [5, 5.41) is 6.64. The van der Waals surface area contributed by atoms with Crippen molar-refractivity contribution in [2.75, 3.05) is 27.8 Å². The number of benzene rings is 1. The summed E-state index contributed by atoms with van der Waals surface area (Å²) in [5.74, 6) is 2.43. The summed E-state index contributed by atoms with van der Waals surface area (Å²) < 4.78 is 17.0. The second-order valence-electron chi connectivity index (χ2n) is 7.24. The summed E-state index contributed by atoms with van der Waals surface area (Å²) in [4.78, 5) is 4.28. The van der Waals surface area contributed by atoms with E-state index in [0.717, 1.165) is 35.9 Å². The first kappa shape index (κ1) is 23.8. The fourth-order valence-corrected chi connectivity index (χ4v) is 2.87. The zero-order valence-electron chi connectivity index (χ0n) is 17.1. The quantitative estimate of drug-likeness (QED) is 0.330. The predicted molar refractivity (Wildman–Crippen MR) is 121 cm³/mol. The van der Waals surface area contributed by atoms with Gasteiger partial charge >= 0.3 is 0 Å². The maximum atomic E-state index is 6.25. The molecule has 0 radical (unpaired) electrons. The fraction of sp³-hybridized carbons (Fsp3) is 0.650. The lowest BCUT2D eigenvalue weighted by atomic mass is 10.1. The Morgan fingerprint density at radius 3 is 2.48 bits per heavy atom. The lowest BCUT2D eigenvalue weighted by Gasteiger charge is -2.24. The fourth-order valence-electron chi connectivity index (χ4n) is 2.87. The smallest absolute Gasteiger partial charge is 0.191 e. The molecule has 1 aliphatic carbocycles. The molecular formula is C20H34IN3O3. The van der Waals surface area contributed by atoms with E-state index in [9.17, 15) is 0 Å². The van der Waals surface area contributed by atoms with Crippen molar-refractivity contribution in [3.05, 3.63) is 23.8 Å². The van der Waals surface area contributed by atoms with E-state index in [1.54, 1.807) is 21.3 Å². The van der Waals surface area contributed by atoms with E-state index < -0.39 is 0 Å². The number of halogens is 1. The molecule has 27 heavy (non-hydrogen) atoms. The summed E-state index contributed by atoms with van der Waals surface area (Å²) >= 11 is 0. The van der Waals surface area contributed by atoms with Crippen LogP contribution in [0.15, 0.2) is 23.2 Å². The number of ether oxygens (including phenoxy) is 3. The van der Waals surface area contributed by atoms with Crippen LogP contribution in [-0.4, -0.2) is 45.5 Å². The third-order valence-electron chi connectivity index (χ3n) is 4.77.